The molecule has 0 aliphatic heterocycles. The van der Waals surface area contributed by atoms with Crippen LogP contribution in [0, 0.1) is 0 Å². The van der Waals surface area contributed by atoms with Crippen molar-refractivity contribution in [3.8, 4) is 0 Å². The molecule has 1 atom stereocenters. The van der Waals surface area contributed by atoms with Crippen LogP contribution in [0.4, 0.5) is 0 Å². The van der Waals surface area contributed by atoms with Gasteiger partial charge in [-0.1, -0.05) is 12.1 Å². The Morgan fingerprint density at radius 2 is 2.11 bits per heavy atom. The lowest BCUT2D eigenvalue weighted by atomic mass is 10.0. The zero-order valence-electron chi connectivity index (χ0n) is 11.1. The van der Waals surface area contributed by atoms with E-state index in [9.17, 15) is 4.79 Å². The van der Waals surface area contributed by atoms with E-state index in [0.29, 0.717) is 12.0 Å². The second kappa shape index (κ2) is 5.98. The summed E-state index contributed by atoms with van der Waals surface area (Å²) in [6.45, 7) is 5.42. The molecule has 0 saturated carbocycles. The molecule has 3 N–H and O–H groups in total. The number of esters is 1. The van der Waals surface area contributed by atoms with Gasteiger partial charge in [0.25, 0.3) is 0 Å². The summed E-state index contributed by atoms with van der Waals surface area (Å²) in [4.78, 5) is 11.9. The number of nitrogens with two attached hydrogens (primary N) is 1. The first kappa shape index (κ1) is 14.7. The highest BCUT2D eigenvalue weighted by molar-refractivity contribution is 5.89. The van der Waals surface area contributed by atoms with E-state index in [1.165, 1.54) is 0 Å². The highest BCUT2D eigenvalue weighted by Crippen LogP contribution is 2.14. The van der Waals surface area contributed by atoms with Crippen LogP contribution >= 0.6 is 0 Å². The van der Waals surface area contributed by atoms with Gasteiger partial charge < -0.3 is 15.6 Å². The maximum Gasteiger partial charge on any atom is 0.338 e. The van der Waals surface area contributed by atoms with Crippen molar-refractivity contribution in [2.75, 3.05) is 6.61 Å². The smallest absolute Gasteiger partial charge is 0.338 e. The Hall–Kier alpha value is -1.39. The molecule has 0 spiro atoms. The highest BCUT2D eigenvalue weighted by atomic mass is 16.6. The Balaban J connectivity index is 2.78. The predicted molar refractivity (Wildman–Crippen MR) is 70.4 cm³/mol. The van der Waals surface area contributed by atoms with Gasteiger partial charge >= 0.3 is 5.97 Å². The Morgan fingerprint density at radius 1 is 1.44 bits per heavy atom. The summed E-state index contributed by atoms with van der Waals surface area (Å²) in [6, 6.07) is 6.83. The highest BCUT2D eigenvalue weighted by Gasteiger charge is 2.18. The molecule has 18 heavy (non-hydrogen) atoms. The number of carbonyl (C=O) groups excluding carboxylic acids is 1. The second-order valence-corrected chi connectivity index (χ2v) is 5.35. The SMILES string of the molecule is CC(C)(C)OC(=O)c1cccc(C[C@H](N)CO)c1. The number of carbonyl (C=O) groups is 1. The maximum absolute atomic E-state index is 11.9. The van der Waals surface area contributed by atoms with Crippen LogP contribution in [0.5, 0.6) is 0 Å². The zero-order valence-corrected chi connectivity index (χ0v) is 11.1. The van der Waals surface area contributed by atoms with Gasteiger partial charge in [-0.25, -0.2) is 4.79 Å². The normalized spacial score (nSPS) is 13.2. The third-order valence-corrected chi connectivity index (χ3v) is 2.29. The molecule has 0 bridgehead atoms. The number of aliphatic hydroxyl groups excluding tert-OH is 1. The summed E-state index contributed by atoms with van der Waals surface area (Å²) in [5.41, 5.74) is 6.58. The molecular formula is C14H21NO3. The van der Waals surface area contributed by atoms with E-state index < -0.39 is 5.60 Å². The fourth-order valence-electron chi connectivity index (χ4n) is 1.53. The van der Waals surface area contributed by atoms with Crippen molar-refractivity contribution in [2.24, 2.45) is 5.73 Å². The van der Waals surface area contributed by atoms with Crippen molar-refractivity contribution in [1.29, 1.82) is 0 Å². The summed E-state index contributed by atoms with van der Waals surface area (Å²) in [6.07, 6.45) is 0.535. The van der Waals surface area contributed by atoms with Gasteiger partial charge in [-0.15, -0.1) is 0 Å². The van der Waals surface area contributed by atoms with E-state index in [-0.39, 0.29) is 18.6 Å². The fourth-order valence-corrected chi connectivity index (χ4v) is 1.53. The number of hydrogen-bond acceptors (Lipinski definition) is 4. The van der Waals surface area contributed by atoms with Crippen molar-refractivity contribution >= 4 is 5.97 Å². The molecule has 1 aromatic rings. The largest absolute Gasteiger partial charge is 0.456 e. The minimum Gasteiger partial charge on any atom is -0.456 e. The summed E-state index contributed by atoms with van der Waals surface area (Å²) in [7, 11) is 0. The summed E-state index contributed by atoms with van der Waals surface area (Å²) in [5.74, 6) is -0.345. The second-order valence-electron chi connectivity index (χ2n) is 5.35. The van der Waals surface area contributed by atoms with Crippen molar-refractivity contribution < 1.29 is 14.6 Å². The van der Waals surface area contributed by atoms with E-state index in [1.54, 1.807) is 18.2 Å². The van der Waals surface area contributed by atoms with Crippen LogP contribution in [0.2, 0.25) is 0 Å². The topological polar surface area (TPSA) is 72.5 Å². The van der Waals surface area contributed by atoms with Gasteiger partial charge in [0.1, 0.15) is 5.60 Å². The van der Waals surface area contributed by atoms with Gasteiger partial charge in [0.05, 0.1) is 12.2 Å². The molecule has 4 heteroatoms. The molecule has 0 unspecified atom stereocenters. The molecule has 0 amide bonds. The first-order valence-corrected chi connectivity index (χ1v) is 6.00. The molecule has 0 aliphatic rings. The number of aliphatic hydroxyl groups is 1. The molecule has 0 aromatic heterocycles. The van der Waals surface area contributed by atoms with Crippen molar-refractivity contribution in [3.05, 3.63) is 35.4 Å². The van der Waals surface area contributed by atoms with E-state index >= 15 is 0 Å². The Labute approximate surface area is 108 Å². The molecule has 0 radical (unpaired) electrons. The van der Waals surface area contributed by atoms with E-state index in [1.807, 2.05) is 26.8 Å². The van der Waals surface area contributed by atoms with Crippen LogP contribution in [0.1, 0.15) is 36.7 Å². The summed E-state index contributed by atoms with van der Waals surface area (Å²) >= 11 is 0. The van der Waals surface area contributed by atoms with Gasteiger partial charge in [-0.2, -0.15) is 0 Å². The molecule has 0 fully saturated rings. The van der Waals surface area contributed by atoms with E-state index in [4.69, 9.17) is 15.6 Å². The average molecular weight is 251 g/mol. The first-order valence-electron chi connectivity index (χ1n) is 6.00. The lowest BCUT2D eigenvalue weighted by Crippen LogP contribution is -2.27. The summed E-state index contributed by atoms with van der Waals surface area (Å²) < 4.78 is 5.29. The number of rotatable bonds is 4. The van der Waals surface area contributed by atoms with Gasteiger partial charge in [0, 0.05) is 6.04 Å². The fraction of sp³-hybridized carbons (Fsp3) is 0.500. The molecule has 100 valence electrons. The van der Waals surface area contributed by atoms with Crippen LogP contribution in [0.25, 0.3) is 0 Å². The third-order valence-electron chi connectivity index (χ3n) is 2.29. The predicted octanol–water partition coefficient (Wildman–Crippen LogP) is 1.50. The van der Waals surface area contributed by atoms with Gasteiger partial charge in [0.15, 0.2) is 0 Å². The lowest BCUT2D eigenvalue weighted by Gasteiger charge is -2.19. The maximum atomic E-state index is 11.9. The van der Waals surface area contributed by atoms with Gasteiger partial charge in [-0.05, 0) is 44.9 Å². The molecule has 0 heterocycles. The molecule has 1 aromatic carbocycles. The van der Waals surface area contributed by atoms with E-state index in [2.05, 4.69) is 0 Å². The van der Waals surface area contributed by atoms with Gasteiger partial charge in [-0.3, -0.25) is 0 Å². The Bertz CT molecular complexity index is 410. The average Bonchev–Trinajstić information content (AvgIpc) is 2.27. The van der Waals surface area contributed by atoms with Crippen LogP contribution in [0.15, 0.2) is 24.3 Å². The van der Waals surface area contributed by atoms with Crippen LogP contribution in [-0.2, 0) is 11.2 Å². The Kier molecular flexibility index (Phi) is 4.87. The van der Waals surface area contributed by atoms with E-state index in [0.717, 1.165) is 5.56 Å². The Morgan fingerprint density at radius 3 is 2.67 bits per heavy atom. The van der Waals surface area contributed by atoms with Crippen LogP contribution < -0.4 is 5.73 Å². The molecule has 0 aliphatic carbocycles. The number of hydrogen-bond donors (Lipinski definition) is 2. The zero-order chi connectivity index (χ0) is 13.8. The molecule has 0 saturated heterocycles. The van der Waals surface area contributed by atoms with Crippen molar-refractivity contribution in [3.63, 3.8) is 0 Å². The van der Waals surface area contributed by atoms with Crippen LogP contribution in [-0.4, -0.2) is 29.3 Å². The van der Waals surface area contributed by atoms with Crippen molar-refractivity contribution in [1.82, 2.24) is 0 Å². The monoisotopic (exact) mass is 251 g/mol. The number of ether oxygens (including phenoxy) is 1. The molecule has 1 rings (SSSR count). The first-order chi connectivity index (χ1) is 8.31. The van der Waals surface area contributed by atoms with Crippen molar-refractivity contribution in [2.45, 2.75) is 38.8 Å². The minimum atomic E-state index is -0.505. The number of benzene rings is 1. The van der Waals surface area contributed by atoms with Crippen LogP contribution in [0.3, 0.4) is 0 Å². The summed E-state index contributed by atoms with van der Waals surface area (Å²) in [5, 5.41) is 8.91. The standard InChI is InChI=1S/C14H21NO3/c1-14(2,3)18-13(17)11-6-4-5-10(7-11)8-12(15)9-16/h4-7,12,16H,8-9,15H2,1-3H3/t12-/m0/s1. The lowest BCUT2D eigenvalue weighted by molar-refractivity contribution is 0.00694. The third kappa shape index (κ3) is 4.85. The molecular weight excluding hydrogens is 230 g/mol. The quantitative estimate of drug-likeness (QED) is 0.795. The minimum absolute atomic E-state index is 0.0728. The van der Waals surface area contributed by atoms with Gasteiger partial charge in [0.2, 0.25) is 0 Å². The molecule has 4 nitrogen and oxygen atoms in total.